The minimum atomic E-state index is -0.461. The van der Waals surface area contributed by atoms with Gasteiger partial charge >= 0.3 is 5.91 Å². The first-order chi connectivity index (χ1) is 5.24. The molecule has 3 nitrogen and oxygen atoms in total. The lowest BCUT2D eigenvalue weighted by Crippen LogP contribution is -1.93. The van der Waals surface area contributed by atoms with E-state index in [1.165, 1.54) is 6.07 Å². The van der Waals surface area contributed by atoms with Gasteiger partial charge in [0.25, 0.3) is 6.57 Å². The average molecular weight is 147 g/mol. The lowest BCUT2D eigenvalue weighted by molar-refractivity contribution is 0.104. The molecule has 0 aliphatic rings. The van der Waals surface area contributed by atoms with Gasteiger partial charge in [-0.2, -0.15) is 4.79 Å². The van der Waals surface area contributed by atoms with Crippen LogP contribution in [0.3, 0.4) is 0 Å². The van der Waals surface area contributed by atoms with E-state index in [0.717, 1.165) is 0 Å². The van der Waals surface area contributed by atoms with Gasteiger partial charge in [-0.05, 0) is 18.2 Å². The fraction of sp³-hybridized carbons (Fsp3) is 0. The standard InChI is InChI=1S/C8H7N2O/c1-10-8(11)6-3-2-4-7(9)5-6/h1-5H,9H2/q+1. The molecule has 3 heteroatoms. The van der Waals surface area contributed by atoms with Crippen molar-refractivity contribution in [3.8, 4) is 6.57 Å². The van der Waals surface area contributed by atoms with Gasteiger partial charge in [0.05, 0.1) is 0 Å². The highest BCUT2D eigenvalue weighted by Gasteiger charge is 2.13. The van der Waals surface area contributed by atoms with Crippen molar-refractivity contribution < 1.29 is 4.79 Å². The number of rotatable bonds is 1. The molecule has 0 unspecified atom stereocenters. The normalized spacial score (nSPS) is 8.64. The quantitative estimate of drug-likeness (QED) is 0.610. The zero-order chi connectivity index (χ0) is 8.27. The molecular weight excluding hydrogens is 140 g/mol. The largest absolute Gasteiger partial charge is 0.547 e. The van der Waals surface area contributed by atoms with Crippen LogP contribution in [0.4, 0.5) is 5.69 Å². The Bertz CT molecular complexity index is 325. The second kappa shape index (κ2) is 2.84. The molecule has 1 aromatic rings. The van der Waals surface area contributed by atoms with Crippen molar-refractivity contribution in [2.45, 2.75) is 0 Å². The van der Waals surface area contributed by atoms with E-state index in [9.17, 15) is 4.79 Å². The van der Waals surface area contributed by atoms with Crippen molar-refractivity contribution in [1.29, 1.82) is 0 Å². The van der Waals surface area contributed by atoms with Crippen LogP contribution in [0.15, 0.2) is 24.3 Å². The van der Waals surface area contributed by atoms with E-state index in [-0.39, 0.29) is 0 Å². The number of carbonyl (C=O) groups is 1. The average Bonchev–Trinajstić information content (AvgIpc) is 2.03. The maximum absolute atomic E-state index is 10.8. The van der Waals surface area contributed by atoms with Crippen molar-refractivity contribution in [3.05, 3.63) is 34.7 Å². The number of anilines is 1. The fourth-order valence-corrected chi connectivity index (χ4v) is 0.746. The lowest BCUT2D eigenvalue weighted by Gasteiger charge is -1.89. The molecule has 0 radical (unpaired) electrons. The van der Waals surface area contributed by atoms with Gasteiger partial charge in [-0.15, -0.1) is 0 Å². The van der Waals surface area contributed by atoms with Gasteiger partial charge in [0.1, 0.15) is 5.56 Å². The Labute approximate surface area is 64.3 Å². The molecule has 0 bridgehead atoms. The summed E-state index contributed by atoms with van der Waals surface area (Å²) in [6.45, 7) is 4.79. The zero-order valence-electron chi connectivity index (χ0n) is 5.82. The van der Waals surface area contributed by atoms with Crippen molar-refractivity contribution in [2.24, 2.45) is 0 Å². The highest BCUT2D eigenvalue weighted by molar-refractivity contribution is 6.02. The number of nitrogens with two attached hydrogens (primary N) is 1. The molecule has 0 aliphatic heterocycles. The van der Waals surface area contributed by atoms with Crippen molar-refractivity contribution in [2.75, 3.05) is 5.73 Å². The summed E-state index contributed by atoms with van der Waals surface area (Å²) in [7, 11) is 0. The minimum absolute atomic E-state index is 0.410. The molecule has 0 fully saturated rings. The zero-order valence-corrected chi connectivity index (χ0v) is 5.82. The Kier molecular flexibility index (Phi) is 1.88. The van der Waals surface area contributed by atoms with E-state index in [2.05, 4.69) is 4.85 Å². The molecule has 1 aromatic carbocycles. The first-order valence-electron chi connectivity index (χ1n) is 3.05. The Hall–Kier alpha value is -1.82. The molecule has 0 atom stereocenters. The maximum atomic E-state index is 10.8. The van der Waals surface area contributed by atoms with E-state index in [1.54, 1.807) is 18.2 Å². The first-order valence-corrected chi connectivity index (χ1v) is 3.05. The molecule has 0 aliphatic carbocycles. The van der Waals surface area contributed by atoms with Crippen LogP contribution >= 0.6 is 0 Å². The first kappa shape index (κ1) is 7.29. The van der Waals surface area contributed by atoms with Crippen LogP contribution in [0, 0.1) is 6.57 Å². The second-order valence-electron chi connectivity index (χ2n) is 2.06. The Morgan fingerprint density at radius 3 is 2.82 bits per heavy atom. The van der Waals surface area contributed by atoms with E-state index >= 15 is 0 Å². The third-order valence-corrected chi connectivity index (χ3v) is 1.25. The number of hydrogen-bond acceptors (Lipinski definition) is 2. The minimum Gasteiger partial charge on any atom is -0.399 e. The summed E-state index contributed by atoms with van der Waals surface area (Å²) in [4.78, 5) is 13.8. The van der Waals surface area contributed by atoms with Gasteiger partial charge in [-0.1, -0.05) is 6.07 Å². The molecule has 2 N–H and O–H groups in total. The predicted octanol–water partition coefficient (Wildman–Crippen LogP) is 1.37. The van der Waals surface area contributed by atoms with Gasteiger partial charge < -0.3 is 5.73 Å². The summed E-state index contributed by atoms with van der Waals surface area (Å²) in [5.74, 6) is -0.461. The fourth-order valence-electron chi connectivity index (χ4n) is 0.746. The highest BCUT2D eigenvalue weighted by Crippen LogP contribution is 2.07. The maximum Gasteiger partial charge on any atom is 0.547 e. The molecule has 0 saturated heterocycles. The molecule has 11 heavy (non-hydrogen) atoms. The summed E-state index contributed by atoms with van der Waals surface area (Å²) in [5.41, 5.74) is 6.35. The summed E-state index contributed by atoms with van der Waals surface area (Å²) in [6.07, 6.45) is 0. The Morgan fingerprint density at radius 1 is 1.55 bits per heavy atom. The third-order valence-electron chi connectivity index (χ3n) is 1.25. The summed E-state index contributed by atoms with van der Waals surface area (Å²) in [5, 5.41) is 0. The van der Waals surface area contributed by atoms with Crippen molar-refractivity contribution in [3.63, 3.8) is 0 Å². The number of carbonyl (C=O) groups excluding carboxylic acids is 1. The van der Waals surface area contributed by atoms with Crippen LogP contribution in [0.5, 0.6) is 0 Å². The predicted molar refractivity (Wildman–Crippen MR) is 43.5 cm³/mol. The van der Waals surface area contributed by atoms with E-state index in [4.69, 9.17) is 12.3 Å². The van der Waals surface area contributed by atoms with Crippen molar-refractivity contribution in [1.82, 2.24) is 0 Å². The van der Waals surface area contributed by atoms with E-state index in [1.807, 2.05) is 0 Å². The second-order valence-corrected chi connectivity index (χ2v) is 2.06. The van der Waals surface area contributed by atoms with Crippen LogP contribution in [-0.2, 0) is 0 Å². The van der Waals surface area contributed by atoms with E-state index in [0.29, 0.717) is 11.3 Å². The number of benzene rings is 1. The van der Waals surface area contributed by atoms with Crippen LogP contribution in [0.2, 0.25) is 0 Å². The molecule has 1 rings (SSSR count). The number of hydrogen-bond donors (Lipinski definition) is 1. The van der Waals surface area contributed by atoms with Gasteiger partial charge in [0.15, 0.2) is 0 Å². The van der Waals surface area contributed by atoms with Gasteiger partial charge in [0, 0.05) is 10.5 Å². The smallest absolute Gasteiger partial charge is 0.399 e. The van der Waals surface area contributed by atoms with Gasteiger partial charge in [-0.3, -0.25) is 0 Å². The molecule has 1 amide bonds. The number of nitrogens with zero attached hydrogens (tertiary/aromatic N) is 1. The summed E-state index contributed by atoms with van der Waals surface area (Å²) < 4.78 is 0. The number of nitrogen functional groups attached to an aromatic ring is 1. The van der Waals surface area contributed by atoms with Gasteiger partial charge in [0.2, 0.25) is 0 Å². The van der Waals surface area contributed by atoms with E-state index < -0.39 is 5.91 Å². The molecule has 0 heterocycles. The molecule has 0 saturated carbocycles. The lowest BCUT2D eigenvalue weighted by atomic mass is 10.2. The summed E-state index contributed by atoms with van der Waals surface area (Å²) >= 11 is 0. The van der Waals surface area contributed by atoms with Crippen LogP contribution < -0.4 is 5.73 Å². The molecule has 0 spiro atoms. The SMILES string of the molecule is C#[N+]C(=O)c1cccc(N)c1. The highest BCUT2D eigenvalue weighted by atomic mass is 16.1. The Morgan fingerprint density at radius 2 is 2.27 bits per heavy atom. The number of amides is 1. The Balaban J connectivity index is 3.08. The summed E-state index contributed by atoms with van der Waals surface area (Å²) in [6, 6.07) is 6.49. The van der Waals surface area contributed by atoms with Crippen LogP contribution in [-0.4, -0.2) is 5.91 Å². The van der Waals surface area contributed by atoms with Gasteiger partial charge in [-0.25, -0.2) is 0 Å². The monoisotopic (exact) mass is 147 g/mol. The van der Waals surface area contributed by atoms with Crippen molar-refractivity contribution >= 4 is 11.6 Å². The topological polar surface area (TPSA) is 47.5 Å². The molecule has 0 aromatic heterocycles. The van der Waals surface area contributed by atoms with Crippen LogP contribution in [0.25, 0.3) is 4.85 Å². The molecule has 54 valence electrons. The third kappa shape index (κ3) is 1.55. The molecular formula is C8H7N2O+. The van der Waals surface area contributed by atoms with Crippen LogP contribution in [0.1, 0.15) is 10.4 Å².